The van der Waals surface area contributed by atoms with Crippen LogP contribution in [0.2, 0.25) is 0 Å². The average molecular weight is 371 g/mol. The lowest BCUT2D eigenvalue weighted by Gasteiger charge is -2.22. The van der Waals surface area contributed by atoms with Gasteiger partial charge in [0.25, 0.3) is 0 Å². The van der Waals surface area contributed by atoms with E-state index in [0.717, 1.165) is 6.08 Å². The Labute approximate surface area is 154 Å². The van der Waals surface area contributed by atoms with Gasteiger partial charge in [-0.05, 0) is 47.1 Å². The lowest BCUT2D eigenvalue weighted by Crippen LogP contribution is -2.44. The summed E-state index contributed by atoms with van der Waals surface area (Å²) in [5, 5.41) is 2.33. The third-order valence-electron chi connectivity index (χ3n) is 2.99. The van der Waals surface area contributed by atoms with Crippen LogP contribution in [0.4, 0.5) is 4.79 Å². The second-order valence-corrected chi connectivity index (χ2v) is 7.02. The number of carbonyl (C=O) groups excluding carboxylic acids is 4. The molecule has 1 amide bonds. The number of hydrogen-bond acceptors (Lipinski definition) is 7. The van der Waals surface area contributed by atoms with Gasteiger partial charge in [-0.15, -0.1) is 0 Å². The van der Waals surface area contributed by atoms with E-state index in [1.807, 2.05) is 0 Å². The summed E-state index contributed by atoms with van der Waals surface area (Å²) in [6.07, 6.45) is -1.31. The van der Waals surface area contributed by atoms with Gasteiger partial charge >= 0.3 is 18.0 Å². The molecule has 0 aromatic rings. The Kier molecular flexibility index (Phi) is 9.61. The van der Waals surface area contributed by atoms with Crippen LogP contribution in [0.1, 0.15) is 54.4 Å². The molecule has 8 nitrogen and oxygen atoms in total. The SMILES string of the molecule is C=CC(=O)CCC(NC(=O)OC(C)OC(=O)C(C)(C)C)C(=O)OC(C)C. The number of nitrogens with one attached hydrogen (secondary N) is 1. The maximum absolute atomic E-state index is 12.1. The van der Waals surface area contributed by atoms with Crippen molar-refractivity contribution in [2.45, 2.75) is 72.8 Å². The highest BCUT2D eigenvalue weighted by Gasteiger charge is 2.28. The summed E-state index contributed by atoms with van der Waals surface area (Å²) in [4.78, 5) is 47.2. The quantitative estimate of drug-likeness (QED) is 0.377. The van der Waals surface area contributed by atoms with Crippen LogP contribution in [-0.4, -0.2) is 42.3 Å². The number of amides is 1. The molecular formula is C18H29NO7. The Morgan fingerprint density at radius 1 is 1.04 bits per heavy atom. The number of esters is 2. The highest BCUT2D eigenvalue weighted by molar-refractivity contribution is 5.90. The number of hydrogen-bond donors (Lipinski definition) is 1. The largest absolute Gasteiger partial charge is 0.461 e. The zero-order valence-electron chi connectivity index (χ0n) is 16.3. The van der Waals surface area contributed by atoms with E-state index in [-0.39, 0.29) is 24.7 Å². The van der Waals surface area contributed by atoms with Crippen molar-refractivity contribution in [3.05, 3.63) is 12.7 Å². The fourth-order valence-electron chi connectivity index (χ4n) is 1.63. The fraction of sp³-hybridized carbons (Fsp3) is 0.667. The van der Waals surface area contributed by atoms with Crippen molar-refractivity contribution in [1.82, 2.24) is 5.32 Å². The Hall–Kier alpha value is -2.38. The topological polar surface area (TPSA) is 108 Å². The zero-order valence-corrected chi connectivity index (χ0v) is 16.3. The molecule has 0 bridgehead atoms. The summed E-state index contributed by atoms with van der Waals surface area (Å²) in [5.74, 6) is -1.49. The first kappa shape index (κ1) is 23.6. The van der Waals surface area contributed by atoms with Crippen molar-refractivity contribution < 1.29 is 33.4 Å². The van der Waals surface area contributed by atoms with Crippen molar-refractivity contribution in [2.75, 3.05) is 0 Å². The first-order chi connectivity index (χ1) is 11.9. The van der Waals surface area contributed by atoms with Crippen molar-refractivity contribution >= 4 is 23.8 Å². The lowest BCUT2D eigenvalue weighted by atomic mass is 9.97. The molecule has 0 radical (unpaired) electrons. The number of carbonyl (C=O) groups is 4. The standard InChI is InChI=1S/C18H29NO7/c1-8-13(20)9-10-14(15(21)24-11(2)3)19-17(23)26-12(4)25-16(22)18(5,6)7/h8,11-12,14H,1,9-10H2,2-7H3,(H,19,23). The monoisotopic (exact) mass is 371 g/mol. The van der Waals surface area contributed by atoms with E-state index in [4.69, 9.17) is 14.2 Å². The second kappa shape index (κ2) is 10.6. The molecule has 0 rings (SSSR count). The van der Waals surface area contributed by atoms with Crippen LogP contribution in [0.3, 0.4) is 0 Å². The van der Waals surface area contributed by atoms with Crippen molar-refractivity contribution in [3.63, 3.8) is 0 Å². The molecule has 2 unspecified atom stereocenters. The number of rotatable bonds is 9. The van der Waals surface area contributed by atoms with Gasteiger partial charge in [0.2, 0.25) is 6.29 Å². The molecule has 0 saturated heterocycles. The van der Waals surface area contributed by atoms with Crippen LogP contribution in [0, 0.1) is 5.41 Å². The summed E-state index contributed by atoms with van der Waals surface area (Å²) in [7, 11) is 0. The van der Waals surface area contributed by atoms with E-state index < -0.39 is 35.8 Å². The summed E-state index contributed by atoms with van der Waals surface area (Å²) in [6, 6.07) is -1.07. The van der Waals surface area contributed by atoms with E-state index in [9.17, 15) is 19.2 Å². The van der Waals surface area contributed by atoms with Gasteiger partial charge in [-0.3, -0.25) is 9.59 Å². The molecule has 0 aromatic heterocycles. The molecule has 0 saturated carbocycles. The van der Waals surface area contributed by atoms with Gasteiger partial charge in [0.1, 0.15) is 6.04 Å². The normalized spacial score (nSPS) is 13.3. The number of ether oxygens (including phenoxy) is 3. The maximum Gasteiger partial charge on any atom is 0.410 e. The van der Waals surface area contributed by atoms with Crippen LogP contribution in [-0.2, 0) is 28.6 Å². The van der Waals surface area contributed by atoms with Crippen molar-refractivity contribution in [3.8, 4) is 0 Å². The van der Waals surface area contributed by atoms with Crippen molar-refractivity contribution in [1.29, 1.82) is 0 Å². The van der Waals surface area contributed by atoms with Gasteiger partial charge in [0.15, 0.2) is 5.78 Å². The average Bonchev–Trinajstić information content (AvgIpc) is 2.48. The van der Waals surface area contributed by atoms with E-state index in [1.165, 1.54) is 6.92 Å². The minimum atomic E-state index is -1.14. The lowest BCUT2D eigenvalue weighted by molar-refractivity contribution is -0.174. The molecular weight excluding hydrogens is 342 g/mol. The van der Waals surface area contributed by atoms with Crippen molar-refractivity contribution in [2.24, 2.45) is 5.41 Å². The molecule has 0 fully saturated rings. The molecule has 2 atom stereocenters. The van der Waals surface area contributed by atoms with E-state index in [0.29, 0.717) is 0 Å². The summed E-state index contributed by atoms with van der Waals surface area (Å²) >= 11 is 0. The van der Waals surface area contributed by atoms with Crippen LogP contribution in [0.15, 0.2) is 12.7 Å². The van der Waals surface area contributed by atoms with Gasteiger partial charge in [0, 0.05) is 13.3 Å². The summed E-state index contributed by atoms with van der Waals surface area (Å²) in [5.41, 5.74) is -0.747. The van der Waals surface area contributed by atoms with Gasteiger partial charge in [0.05, 0.1) is 11.5 Å². The molecule has 0 aliphatic heterocycles. The third-order valence-corrected chi connectivity index (χ3v) is 2.99. The predicted molar refractivity (Wildman–Crippen MR) is 94.1 cm³/mol. The number of ketones is 1. The molecule has 0 spiro atoms. The molecule has 0 aromatic carbocycles. The van der Waals surface area contributed by atoms with E-state index in [1.54, 1.807) is 34.6 Å². The Balaban J connectivity index is 4.78. The highest BCUT2D eigenvalue weighted by Crippen LogP contribution is 2.16. The molecule has 8 heteroatoms. The molecule has 0 aliphatic carbocycles. The molecule has 26 heavy (non-hydrogen) atoms. The van der Waals surface area contributed by atoms with Crippen LogP contribution in [0.25, 0.3) is 0 Å². The van der Waals surface area contributed by atoms with Crippen LogP contribution >= 0.6 is 0 Å². The van der Waals surface area contributed by atoms with E-state index >= 15 is 0 Å². The third kappa shape index (κ3) is 9.80. The molecule has 148 valence electrons. The minimum Gasteiger partial charge on any atom is -0.461 e. The molecule has 0 aliphatic rings. The second-order valence-electron chi connectivity index (χ2n) is 7.02. The zero-order chi connectivity index (χ0) is 20.5. The van der Waals surface area contributed by atoms with Gasteiger partial charge in [-0.1, -0.05) is 6.58 Å². The van der Waals surface area contributed by atoms with E-state index in [2.05, 4.69) is 11.9 Å². The van der Waals surface area contributed by atoms with Gasteiger partial charge in [-0.25, -0.2) is 9.59 Å². The highest BCUT2D eigenvalue weighted by atomic mass is 16.7. The maximum atomic E-state index is 12.1. The van der Waals surface area contributed by atoms with Gasteiger partial charge in [-0.2, -0.15) is 0 Å². The fourth-order valence-corrected chi connectivity index (χ4v) is 1.63. The summed E-state index contributed by atoms with van der Waals surface area (Å²) < 4.78 is 15.0. The number of alkyl carbamates (subject to hydrolysis) is 1. The van der Waals surface area contributed by atoms with Crippen LogP contribution < -0.4 is 5.32 Å². The first-order valence-corrected chi connectivity index (χ1v) is 8.40. The van der Waals surface area contributed by atoms with Gasteiger partial charge < -0.3 is 19.5 Å². The smallest absolute Gasteiger partial charge is 0.410 e. The predicted octanol–water partition coefficient (Wildman–Crippen LogP) is 2.50. The first-order valence-electron chi connectivity index (χ1n) is 8.40. The molecule has 0 heterocycles. The minimum absolute atomic E-state index is 0.0101. The number of allylic oxidation sites excluding steroid dienone is 1. The Bertz CT molecular complexity index is 534. The molecule has 1 N–H and O–H groups in total. The Morgan fingerprint density at radius 3 is 2.08 bits per heavy atom. The summed E-state index contributed by atoms with van der Waals surface area (Å²) in [6.45, 7) is 13.1. The van der Waals surface area contributed by atoms with Crippen LogP contribution in [0.5, 0.6) is 0 Å². The Morgan fingerprint density at radius 2 is 1.62 bits per heavy atom.